The molecule has 6 heteroatoms. The van der Waals surface area contributed by atoms with Crippen LogP contribution in [0.15, 0.2) is 6.07 Å². The van der Waals surface area contributed by atoms with Crippen LogP contribution in [0.4, 0.5) is 0 Å². The van der Waals surface area contributed by atoms with Crippen molar-refractivity contribution < 1.29 is 4.79 Å². The van der Waals surface area contributed by atoms with E-state index >= 15 is 0 Å². The molecule has 3 nitrogen and oxygen atoms in total. The second-order valence-electron chi connectivity index (χ2n) is 6.00. The lowest BCUT2D eigenvalue weighted by Crippen LogP contribution is -2.50. The first-order chi connectivity index (χ1) is 10.1. The first-order valence-corrected chi connectivity index (χ1v) is 9.17. The summed E-state index contributed by atoms with van der Waals surface area (Å²) in [6.07, 6.45) is 5.54. The van der Waals surface area contributed by atoms with Gasteiger partial charge >= 0.3 is 0 Å². The third-order valence-electron chi connectivity index (χ3n) is 4.50. The standard InChI is InChI=1S/C15H20Cl2N2OS/c1-2-5-19(11-6-9-3-4-10(7-11)18-9)15(20)12-8-13(16)21-14(12)17/h8-11,18H,2-7H2,1H3. The van der Waals surface area contributed by atoms with E-state index in [4.69, 9.17) is 23.2 Å². The molecule has 1 aromatic heterocycles. The lowest BCUT2D eigenvalue weighted by Gasteiger charge is -2.37. The van der Waals surface area contributed by atoms with Gasteiger partial charge in [0.1, 0.15) is 4.34 Å². The fraction of sp³-hybridized carbons (Fsp3) is 0.667. The Bertz CT molecular complexity index is 522. The average molecular weight is 347 g/mol. The molecule has 2 atom stereocenters. The molecule has 1 aromatic rings. The molecule has 0 saturated carbocycles. The summed E-state index contributed by atoms with van der Waals surface area (Å²) in [5.41, 5.74) is 0.561. The summed E-state index contributed by atoms with van der Waals surface area (Å²) in [6, 6.07) is 3.17. The monoisotopic (exact) mass is 346 g/mol. The molecule has 21 heavy (non-hydrogen) atoms. The van der Waals surface area contributed by atoms with Gasteiger partial charge in [0.05, 0.1) is 9.90 Å². The summed E-state index contributed by atoms with van der Waals surface area (Å²) in [5, 5.41) is 3.63. The smallest absolute Gasteiger partial charge is 0.256 e. The molecule has 2 saturated heterocycles. The second kappa shape index (κ2) is 6.45. The van der Waals surface area contributed by atoms with Crippen LogP contribution in [-0.4, -0.2) is 35.5 Å². The number of thiophene rings is 1. The lowest BCUT2D eigenvalue weighted by atomic mass is 9.97. The Hall–Kier alpha value is -0.290. The van der Waals surface area contributed by atoms with Crippen molar-refractivity contribution >= 4 is 40.4 Å². The highest BCUT2D eigenvalue weighted by molar-refractivity contribution is 7.20. The number of piperidine rings is 1. The molecule has 2 fully saturated rings. The summed E-state index contributed by atoms with van der Waals surface area (Å²) in [7, 11) is 0. The van der Waals surface area contributed by atoms with Crippen LogP contribution in [0.2, 0.25) is 8.67 Å². The van der Waals surface area contributed by atoms with Crippen LogP contribution in [0.3, 0.4) is 0 Å². The van der Waals surface area contributed by atoms with Crippen LogP contribution in [0, 0.1) is 0 Å². The minimum absolute atomic E-state index is 0.0382. The molecule has 116 valence electrons. The first kappa shape index (κ1) is 15.6. The molecule has 0 aliphatic carbocycles. The maximum absolute atomic E-state index is 12.9. The number of hydrogen-bond donors (Lipinski definition) is 1. The van der Waals surface area contributed by atoms with E-state index in [1.165, 1.54) is 24.2 Å². The molecule has 0 radical (unpaired) electrons. The molecular formula is C15H20Cl2N2OS. The molecule has 2 unspecified atom stereocenters. The van der Waals surface area contributed by atoms with E-state index in [1.807, 2.05) is 4.90 Å². The van der Waals surface area contributed by atoms with E-state index < -0.39 is 0 Å². The molecule has 2 aliphatic heterocycles. The van der Waals surface area contributed by atoms with Crippen molar-refractivity contribution in [2.24, 2.45) is 0 Å². The third-order valence-corrected chi connectivity index (χ3v) is 5.99. The largest absolute Gasteiger partial charge is 0.335 e. The average Bonchev–Trinajstić information content (AvgIpc) is 2.97. The van der Waals surface area contributed by atoms with Crippen LogP contribution in [0.5, 0.6) is 0 Å². The van der Waals surface area contributed by atoms with Gasteiger partial charge in [0, 0.05) is 24.7 Å². The van der Waals surface area contributed by atoms with Gasteiger partial charge in [0.2, 0.25) is 0 Å². The molecular weight excluding hydrogens is 327 g/mol. The summed E-state index contributed by atoms with van der Waals surface area (Å²) in [4.78, 5) is 14.9. The zero-order chi connectivity index (χ0) is 15.0. The van der Waals surface area contributed by atoms with E-state index in [1.54, 1.807) is 6.07 Å². The molecule has 2 aliphatic rings. The van der Waals surface area contributed by atoms with Crippen molar-refractivity contribution in [3.05, 3.63) is 20.3 Å². The van der Waals surface area contributed by atoms with Crippen molar-refractivity contribution in [1.29, 1.82) is 0 Å². The van der Waals surface area contributed by atoms with E-state index in [9.17, 15) is 4.79 Å². The summed E-state index contributed by atoms with van der Waals surface area (Å²) >= 11 is 13.4. The minimum Gasteiger partial charge on any atom is -0.335 e. The number of amides is 1. The Morgan fingerprint density at radius 2 is 2.05 bits per heavy atom. The summed E-state index contributed by atoms with van der Waals surface area (Å²) < 4.78 is 1.08. The number of rotatable bonds is 4. The number of halogens is 2. The Morgan fingerprint density at radius 1 is 1.38 bits per heavy atom. The van der Waals surface area contributed by atoms with E-state index in [0.29, 0.717) is 32.4 Å². The Labute approximate surface area is 139 Å². The maximum Gasteiger partial charge on any atom is 0.256 e. The lowest BCUT2D eigenvalue weighted by molar-refractivity contribution is 0.0617. The topological polar surface area (TPSA) is 32.3 Å². The van der Waals surface area contributed by atoms with Crippen molar-refractivity contribution in [3.63, 3.8) is 0 Å². The number of hydrogen-bond acceptors (Lipinski definition) is 3. The molecule has 3 rings (SSSR count). The van der Waals surface area contributed by atoms with Crippen LogP contribution in [-0.2, 0) is 0 Å². The van der Waals surface area contributed by atoms with Gasteiger partial charge in [-0.15, -0.1) is 11.3 Å². The summed E-state index contributed by atoms with van der Waals surface area (Å²) in [5.74, 6) is 0.0382. The highest BCUT2D eigenvalue weighted by Gasteiger charge is 2.38. The van der Waals surface area contributed by atoms with Gasteiger partial charge in [-0.1, -0.05) is 30.1 Å². The van der Waals surface area contributed by atoms with Crippen molar-refractivity contribution in [3.8, 4) is 0 Å². The van der Waals surface area contributed by atoms with Gasteiger partial charge in [0.25, 0.3) is 5.91 Å². The number of fused-ring (bicyclic) bond motifs is 2. The highest BCUT2D eigenvalue weighted by atomic mass is 35.5. The predicted octanol–water partition coefficient (Wildman–Crippen LogP) is 4.19. The number of nitrogens with zero attached hydrogens (tertiary/aromatic N) is 1. The molecule has 0 aromatic carbocycles. The predicted molar refractivity (Wildman–Crippen MR) is 88.6 cm³/mol. The fourth-order valence-corrected chi connectivity index (χ4v) is 5.06. The number of carbonyl (C=O) groups excluding carboxylic acids is 1. The van der Waals surface area contributed by atoms with E-state index in [0.717, 1.165) is 25.8 Å². The Kier molecular flexibility index (Phi) is 4.79. The zero-order valence-electron chi connectivity index (χ0n) is 12.1. The van der Waals surface area contributed by atoms with Gasteiger partial charge in [-0.05, 0) is 38.2 Å². The molecule has 1 amide bonds. The van der Waals surface area contributed by atoms with Gasteiger partial charge in [-0.25, -0.2) is 0 Å². The highest BCUT2D eigenvalue weighted by Crippen LogP contribution is 2.35. The quantitative estimate of drug-likeness (QED) is 0.886. The molecule has 1 N–H and O–H groups in total. The van der Waals surface area contributed by atoms with Crippen LogP contribution in [0.25, 0.3) is 0 Å². The summed E-state index contributed by atoms with van der Waals surface area (Å²) in [6.45, 7) is 2.89. The molecule has 3 heterocycles. The first-order valence-electron chi connectivity index (χ1n) is 7.60. The van der Waals surface area contributed by atoms with Crippen molar-refractivity contribution in [1.82, 2.24) is 10.2 Å². The van der Waals surface area contributed by atoms with E-state index in [2.05, 4.69) is 12.2 Å². The number of nitrogens with one attached hydrogen (secondary N) is 1. The van der Waals surface area contributed by atoms with Crippen molar-refractivity contribution in [2.75, 3.05) is 6.54 Å². The van der Waals surface area contributed by atoms with Crippen LogP contribution in [0.1, 0.15) is 49.4 Å². The van der Waals surface area contributed by atoms with Crippen LogP contribution < -0.4 is 5.32 Å². The molecule has 0 spiro atoms. The fourth-order valence-electron chi connectivity index (χ4n) is 3.61. The van der Waals surface area contributed by atoms with Crippen molar-refractivity contribution in [2.45, 2.75) is 57.2 Å². The second-order valence-corrected chi connectivity index (χ2v) is 8.29. The SMILES string of the molecule is CCCN(C(=O)c1cc(Cl)sc1Cl)C1CC2CCC(C1)N2. The zero-order valence-corrected chi connectivity index (χ0v) is 14.4. The third kappa shape index (κ3) is 3.24. The van der Waals surface area contributed by atoms with Crippen LogP contribution >= 0.6 is 34.5 Å². The molecule has 2 bridgehead atoms. The van der Waals surface area contributed by atoms with Gasteiger partial charge in [-0.3, -0.25) is 4.79 Å². The van der Waals surface area contributed by atoms with Gasteiger partial charge in [-0.2, -0.15) is 0 Å². The minimum atomic E-state index is 0.0382. The normalized spacial score (nSPS) is 27.9. The van der Waals surface area contributed by atoms with Gasteiger partial charge < -0.3 is 10.2 Å². The number of carbonyl (C=O) groups is 1. The Balaban J connectivity index is 1.80. The maximum atomic E-state index is 12.9. The van der Waals surface area contributed by atoms with Gasteiger partial charge in [0.15, 0.2) is 0 Å². The van der Waals surface area contributed by atoms with E-state index in [-0.39, 0.29) is 5.91 Å². The Morgan fingerprint density at radius 3 is 2.57 bits per heavy atom.